The Bertz CT molecular complexity index is 889. The minimum Gasteiger partial charge on any atom is -0.493 e. The lowest BCUT2D eigenvalue weighted by Crippen LogP contribution is -2.18. The lowest BCUT2D eigenvalue weighted by atomic mass is 10.2. The molecule has 124 valence electrons. The van der Waals surface area contributed by atoms with Gasteiger partial charge >= 0.3 is 0 Å². The zero-order valence-electron chi connectivity index (χ0n) is 13.4. The first-order valence-corrected chi connectivity index (χ1v) is 8.16. The number of rotatable bonds is 5. The van der Waals surface area contributed by atoms with E-state index in [1.807, 2.05) is 35.0 Å². The molecule has 1 aromatic heterocycles. The summed E-state index contributed by atoms with van der Waals surface area (Å²) < 4.78 is 13.4. The maximum absolute atomic E-state index is 12.3. The number of hydrogen-bond donors (Lipinski definition) is 1. The van der Waals surface area contributed by atoms with Crippen LogP contribution < -0.4 is 14.8 Å². The van der Waals surface area contributed by atoms with Gasteiger partial charge in [0.1, 0.15) is 6.54 Å². The van der Waals surface area contributed by atoms with Crippen LogP contribution >= 0.6 is 15.9 Å². The number of fused-ring (bicyclic) bond motifs is 1. The van der Waals surface area contributed by atoms with Crippen molar-refractivity contribution in [2.75, 3.05) is 19.5 Å². The summed E-state index contributed by atoms with van der Waals surface area (Å²) in [5, 5.41) is 3.96. The molecular formula is C18H17BrN2O3. The molecule has 0 spiro atoms. The van der Waals surface area contributed by atoms with Crippen LogP contribution in [-0.2, 0) is 11.3 Å². The lowest BCUT2D eigenvalue weighted by Gasteiger charge is -2.11. The minimum atomic E-state index is -0.109. The van der Waals surface area contributed by atoms with Gasteiger partial charge in [0.2, 0.25) is 5.91 Å². The van der Waals surface area contributed by atoms with Gasteiger partial charge in [-0.25, -0.2) is 0 Å². The Morgan fingerprint density at radius 2 is 1.88 bits per heavy atom. The number of methoxy groups -OCH3 is 2. The van der Waals surface area contributed by atoms with Crippen molar-refractivity contribution < 1.29 is 14.3 Å². The van der Waals surface area contributed by atoms with Gasteiger partial charge in [-0.3, -0.25) is 4.79 Å². The standard InChI is InChI=1S/C18H17BrN2O3/c1-23-16-6-4-14(10-17(16)24-2)20-18(22)11-21-8-7-12-9-13(19)3-5-15(12)21/h3-10H,11H2,1-2H3,(H,20,22). The van der Waals surface area contributed by atoms with E-state index in [9.17, 15) is 4.79 Å². The highest BCUT2D eigenvalue weighted by atomic mass is 79.9. The smallest absolute Gasteiger partial charge is 0.244 e. The summed E-state index contributed by atoms with van der Waals surface area (Å²) in [5.74, 6) is 1.09. The minimum absolute atomic E-state index is 0.109. The zero-order valence-corrected chi connectivity index (χ0v) is 15.0. The Morgan fingerprint density at radius 1 is 1.08 bits per heavy atom. The van der Waals surface area contributed by atoms with Crippen LogP contribution in [-0.4, -0.2) is 24.7 Å². The van der Waals surface area contributed by atoms with Crippen LogP contribution in [0.4, 0.5) is 5.69 Å². The molecule has 0 unspecified atom stereocenters. The van der Waals surface area contributed by atoms with E-state index in [1.165, 1.54) is 0 Å². The van der Waals surface area contributed by atoms with Crippen molar-refractivity contribution in [2.24, 2.45) is 0 Å². The summed E-state index contributed by atoms with van der Waals surface area (Å²) in [7, 11) is 3.14. The van der Waals surface area contributed by atoms with E-state index in [-0.39, 0.29) is 12.5 Å². The molecule has 3 rings (SSSR count). The number of aromatic nitrogens is 1. The molecule has 0 aliphatic heterocycles. The molecule has 24 heavy (non-hydrogen) atoms. The normalized spacial score (nSPS) is 10.6. The Kier molecular flexibility index (Phi) is 4.76. The van der Waals surface area contributed by atoms with Gasteiger partial charge in [0.25, 0.3) is 0 Å². The fraction of sp³-hybridized carbons (Fsp3) is 0.167. The highest BCUT2D eigenvalue weighted by Crippen LogP contribution is 2.29. The number of carbonyl (C=O) groups is 1. The number of nitrogens with one attached hydrogen (secondary N) is 1. The van der Waals surface area contributed by atoms with Gasteiger partial charge in [0.15, 0.2) is 11.5 Å². The molecule has 3 aromatic rings. The Balaban J connectivity index is 1.75. The number of ether oxygens (including phenoxy) is 2. The summed E-state index contributed by atoms with van der Waals surface area (Å²) in [5.41, 5.74) is 1.68. The third kappa shape index (κ3) is 3.38. The first kappa shape index (κ1) is 16.4. The third-order valence-electron chi connectivity index (χ3n) is 3.71. The number of hydrogen-bond acceptors (Lipinski definition) is 3. The van der Waals surface area contributed by atoms with Crippen LogP contribution in [0, 0.1) is 0 Å². The number of halogens is 1. The molecule has 0 aliphatic carbocycles. The summed E-state index contributed by atoms with van der Waals surface area (Å²) in [6.45, 7) is 0.236. The van der Waals surface area contributed by atoms with Crippen molar-refractivity contribution in [3.8, 4) is 11.5 Å². The van der Waals surface area contributed by atoms with E-state index in [0.717, 1.165) is 15.4 Å². The van der Waals surface area contributed by atoms with Crippen molar-refractivity contribution >= 4 is 38.4 Å². The first-order valence-electron chi connectivity index (χ1n) is 7.37. The fourth-order valence-electron chi connectivity index (χ4n) is 2.58. The first-order chi connectivity index (χ1) is 11.6. The molecule has 1 amide bonds. The molecule has 0 fully saturated rings. The molecule has 0 saturated carbocycles. The Labute approximate surface area is 148 Å². The summed E-state index contributed by atoms with van der Waals surface area (Å²) in [6, 6.07) is 13.2. The molecule has 5 nitrogen and oxygen atoms in total. The molecule has 0 radical (unpaired) electrons. The van der Waals surface area contributed by atoms with E-state index >= 15 is 0 Å². The van der Waals surface area contributed by atoms with E-state index in [1.54, 1.807) is 32.4 Å². The van der Waals surface area contributed by atoms with Gasteiger partial charge in [-0.05, 0) is 36.4 Å². The second-order valence-corrected chi connectivity index (χ2v) is 6.18. The molecule has 6 heteroatoms. The van der Waals surface area contributed by atoms with E-state index in [2.05, 4.69) is 21.2 Å². The number of nitrogens with zero attached hydrogens (tertiary/aromatic N) is 1. The summed E-state index contributed by atoms with van der Waals surface area (Å²) in [6.07, 6.45) is 1.91. The van der Waals surface area contributed by atoms with Crippen LogP contribution in [0.3, 0.4) is 0 Å². The predicted molar refractivity (Wildman–Crippen MR) is 97.8 cm³/mol. The predicted octanol–water partition coefficient (Wildman–Crippen LogP) is 4.06. The molecule has 0 bridgehead atoms. The Hall–Kier alpha value is -2.47. The Morgan fingerprint density at radius 3 is 2.62 bits per heavy atom. The number of anilines is 1. The largest absolute Gasteiger partial charge is 0.493 e. The van der Waals surface area contributed by atoms with Gasteiger partial charge in [-0.1, -0.05) is 15.9 Å². The topological polar surface area (TPSA) is 52.5 Å². The molecular weight excluding hydrogens is 372 g/mol. The van der Waals surface area contributed by atoms with E-state index in [0.29, 0.717) is 17.2 Å². The van der Waals surface area contributed by atoms with Gasteiger partial charge < -0.3 is 19.4 Å². The average Bonchev–Trinajstić information content (AvgIpc) is 2.96. The quantitative estimate of drug-likeness (QED) is 0.716. The van der Waals surface area contributed by atoms with Crippen molar-refractivity contribution in [2.45, 2.75) is 6.54 Å². The number of carbonyl (C=O) groups excluding carboxylic acids is 1. The monoisotopic (exact) mass is 388 g/mol. The van der Waals surface area contributed by atoms with Crippen LogP contribution in [0.1, 0.15) is 0 Å². The molecule has 1 N–H and O–H groups in total. The van der Waals surface area contributed by atoms with Crippen LogP contribution in [0.5, 0.6) is 11.5 Å². The van der Waals surface area contributed by atoms with Crippen LogP contribution in [0.2, 0.25) is 0 Å². The highest BCUT2D eigenvalue weighted by molar-refractivity contribution is 9.10. The fourth-order valence-corrected chi connectivity index (χ4v) is 2.96. The SMILES string of the molecule is COc1ccc(NC(=O)Cn2ccc3cc(Br)ccc32)cc1OC. The van der Waals surface area contributed by atoms with Gasteiger partial charge in [0, 0.05) is 33.3 Å². The maximum atomic E-state index is 12.3. The van der Waals surface area contributed by atoms with Crippen LogP contribution in [0.25, 0.3) is 10.9 Å². The van der Waals surface area contributed by atoms with E-state index in [4.69, 9.17) is 9.47 Å². The third-order valence-corrected chi connectivity index (χ3v) is 4.21. The lowest BCUT2D eigenvalue weighted by molar-refractivity contribution is -0.116. The van der Waals surface area contributed by atoms with Gasteiger partial charge in [0.05, 0.1) is 14.2 Å². The summed E-state index contributed by atoms with van der Waals surface area (Å²) >= 11 is 3.45. The second-order valence-electron chi connectivity index (χ2n) is 5.26. The molecule has 0 aliphatic rings. The maximum Gasteiger partial charge on any atom is 0.244 e. The van der Waals surface area contributed by atoms with Crippen molar-refractivity contribution in [3.05, 3.63) is 53.1 Å². The van der Waals surface area contributed by atoms with Crippen molar-refractivity contribution in [3.63, 3.8) is 0 Å². The second kappa shape index (κ2) is 6.97. The van der Waals surface area contributed by atoms with Crippen LogP contribution in [0.15, 0.2) is 53.1 Å². The molecule has 0 saturated heterocycles. The number of benzene rings is 2. The van der Waals surface area contributed by atoms with Gasteiger partial charge in [-0.15, -0.1) is 0 Å². The average molecular weight is 389 g/mol. The highest BCUT2D eigenvalue weighted by Gasteiger charge is 2.09. The van der Waals surface area contributed by atoms with Gasteiger partial charge in [-0.2, -0.15) is 0 Å². The molecule has 2 aromatic carbocycles. The molecule has 1 heterocycles. The number of amides is 1. The van der Waals surface area contributed by atoms with Crippen molar-refractivity contribution in [1.82, 2.24) is 4.57 Å². The van der Waals surface area contributed by atoms with Crippen molar-refractivity contribution in [1.29, 1.82) is 0 Å². The molecule has 0 atom stereocenters. The zero-order chi connectivity index (χ0) is 17.1. The van der Waals surface area contributed by atoms with E-state index < -0.39 is 0 Å². The summed E-state index contributed by atoms with van der Waals surface area (Å²) in [4.78, 5) is 12.3.